The van der Waals surface area contributed by atoms with Crippen molar-refractivity contribution in [2.24, 2.45) is 5.92 Å². The van der Waals surface area contributed by atoms with Crippen molar-refractivity contribution in [2.75, 3.05) is 9.96 Å². The van der Waals surface area contributed by atoms with Gasteiger partial charge in [0.25, 0.3) is 5.91 Å². The Morgan fingerprint density at radius 3 is 2.20 bits per heavy atom. The number of carbonyl (C=O) groups is 2. The molecule has 2 amide bonds. The van der Waals surface area contributed by atoms with Gasteiger partial charge in [0.1, 0.15) is 5.92 Å². The Bertz CT molecular complexity index is 1120. The first-order chi connectivity index (χ1) is 14.6. The van der Waals surface area contributed by atoms with Crippen LogP contribution in [0.1, 0.15) is 17.2 Å². The van der Waals surface area contributed by atoms with Gasteiger partial charge in [-0.15, -0.1) is 0 Å². The number of para-hydroxylation sites is 2. The molecule has 0 bridgehead atoms. The first-order valence-corrected chi connectivity index (χ1v) is 10.1. The van der Waals surface area contributed by atoms with E-state index in [1.165, 1.54) is 4.90 Å². The van der Waals surface area contributed by atoms with Gasteiger partial charge in [-0.3, -0.25) is 14.4 Å². The van der Waals surface area contributed by atoms with Crippen molar-refractivity contribution in [2.45, 2.75) is 19.1 Å². The quantitative estimate of drug-likeness (QED) is 0.578. The Hall–Kier alpha value is -3.15. The Kier molecular flexibility index (Phi) is 4.57. The third-order valence-electron chi connectivity index (χ3n) is 5.64. The second kappa shape index (κ2) is 7.27. The van der Waals surface area contributed by atoms with Crippen LogP contribution in [0.15, 0.2) is 78.9 Å². The number of rotatable bonds is 3. The number of hydrogen-bond acceptors (Lipinski definition) is 4. The molecule has 30 heavy (non-hydrogen) atoms. The maximum Gasteiger partial charge on any atom is 0.266 e. The molecule has 0 aliphatic carbocycles. The zero-order valence-electron chi connectivity index (χ0n) is 16.2. The predicted octanol–water partition coefficient (Wildman–Crippen LogP) is 4.70. The van der Waals surface area contributed by atoms with Crippen molar-refractivity contribution in [3.8, 4) is 0 Å². The first-order valence-electron chi connectivity index (χ1n) is 9.76. The van der Waals surface area contributed by atoms with Crippen molar-refractivity contribution in [1.29, 1.82) is 0 Å². The maximum atomic E-state index is 13.5. The van der Waals surface area contributed by atoms with Crippen molar-refractivity contribution in [3.05, 3.63) is 95.0 Å². The van der Waals surface area contributed by atoms with Crippen molar-refractivity contribution in [1.82, 2.24) is 0 Å². The summed E-state index contributed by atoms with van der Waals surface area (Å²) in [6, 6.07) is 23.9. The minimum atomic E-state index is -0.903. The lowest BCUT2D eigenvalue weighted by Gasteiger charge is -2.29. The molecule has 3 aromatic carbocycles. The first kappa shape index (κ1) is 18.9. The number of halogens is 1. The van der Waals surface area contributed by atoms with Crippen LogP contribution in [0, 0.1) is 12.8 Å². The second-order valence-electron chi connectivity index (χ2n) is 7.53. The smallest absolute Gasteiger partial charge is 0.266 e. The van der Waals surface area contributed by atoms with E-state index < -0.39 is 24.0 Å². The Balaban J connectivity index is 1.60. The van der Waals surface area contributed by atoms with Gasteiger partial charge in [-0.25, -0.2) is 9.96 Å². The summed E-state index contributed by atoms with van der Waals surface area (Å²) in [6.07, 6.45) is -0.903. The van der Waals surface area contributed by atoms with E-state index in [-0.39, 0.29) is 5.91 Å². The molecule has 5 nitrogen and oxygen atoms in total. The maximum absolute atomic E-state index is 13.5. The van der Waals surface area contributed by atoms with Crippen LogP contribution < -0.4 is 9.96 Å². The number of amides is 2. The number of aryl methyl sites for hydroxylation is 1. The van der Waals surface area contributed by atoms with Gasteiger partial charge in [0.2, 0.25) is 5.91 Å². The van der Waals surface area contributed by atoms with E-state index in [2.05, 4.69) is 0 Å². The molecule has 2 heterocycles. The largest absolute Gasteiger partial charge is 0.273 e. The van der Waals surface area contributed by atoms with Gasteiger partial charge in [0.15, 0.2) is 6.10 Å². The number of hydroxylamine groups is 1. The predicted molar refractivity (Wildman–Crippen MR) is 115 cm³/mol. The van der Waals surface area contributed by atoms with Gasteiger partial charge in [-0.1, -0.05) is 71.8 Å². The summed E-state index contributed by atoms with van der Waals surface area (Å²) in [7, 11) is 0. The fraction of sp³-hybridized carbons (Fsp3) is 0.167. The van der Waals surface area contributed by atoms with Crippen LogP contribution in [-0.4, -0.2) is 17.9 Å². The number of fused-ring (bicyclic) bond motifs is 1. The Labute approximate surface area is 179 Å². The zero-order chi connectivity index (χ0) is 20.8. The minimum Gasteiger partial charge on any atom is -0.273 e. The van der Waals surface area contributed by atoms with E-state index in [0.29, 0.717) is 10.7 Å². The molecule has 2 fully saturated rings. The van der Waals surface area contributed by atoms with Crippen molar-refractivity contribution in [3.63, 3.8) is 0 Å². The average Bonchev–Trinajstić information content (AvgIpc) is 3.26. The molecule has 0 N–H and O–H groups in total. The molecular weight excluding hydrogens is 400 g/mol. The number of hydrogen-bond donors (Lipinski definition) is 0. The number of carbonyl (C=O) groups excluding carboxylic acids is 2. The molecule has 0 radical (unpaired) electrons. The summed E-state index contributed by atoms with van der Waals surface area (Å²) in [4.78, 5) is 34.1. The lowest BCUT2D eigenvalue weighted by Crippen LogP contribution is -2.37. The van der Waals surface area contributed by atoms with Gasteiger partial charge in [0, 0.05) is 0 Å². The molecule has 0 unspecified atom stereocenters. The van der Waals surface area contributed by atoms with E-state index in [0.717, 1.165) is 16.8 Å². The lowest BCUT2D eigenvalue weighted by atomic mass is 9.90. The van der Waals surface area contributed by atoms with Gasteiger partial charge in [-0.05, 0) is 36.8 Å². The molecular formula is C24H19ClN2O3. The lowest BCUT2D eigenvalue weighted by molar-refractivity contribution is -0.126. The average molecular weight is 419 g/mol. The standard InChI is InChI=1S/C24H19ClN2O3/c1-15-11-13-16(14-12-15)21-20-22(30-27(21)17-7-3-2-4-8-17)24(29)26(23(20)28)19-10-6-5-9-18(19)25/h2-14,20-22H,1H3/t20-,21-,22-/m1/s1. The normalized spacial score (nSPS) is 23.2. The molecule has 2 saturated heterocycles. The van der Waals surface area contributed by atoms with Crippen LogP contribution in [-0.2, 0) is 14.4 Å². The fourth-order valence-corrected chi connectivity index (χ4v) is 4.41. The van der Waals surface area contributed by atoms with E-state index in [1.807, 2.05) is 61.5 Å². The molecule has 0 spiro atoms. The van der Waals surface area contributed by atoms with Crippen LogP contribution >= 0.6 is 11.6 Å². The highest BCUT2D eigenvalue weighted by atomic mass is 35.5. The summed E-state index contributed by atoms with van der Waals surface area (Å²) >= 11 is 6.29. The van der Waals surface area contributed by atoms with E-state index >= 15 is 0 Å². The molecule has 3 aromatic rings. The van der Waals surface area contributed by atoms with Crippen molar-refractivity contribution < 1.29 is 14.4 Å². The molecule has 5 rings (SSSR count). The summed E-state index contributed by atoms with van der Waals surface area (Å²) in [6.45, 7) is 2.01. The summed E-state index contributed by atoms with van der Waals surface area (Å²) in [5, 5.41) is 2.05. The Morgan fingerprint density at radius 1 is 0.833 bits per heavy atom. The second-order valence-corrected chi connectivity index (χ2v) is 7.94. The van der Waals surface area contributed by atoms with Crippen LogP contribution in [0.4, 0.5) is 11.4 Å². The molecule has 3 atom stereocenters. The summed E-state index contributed by atoms with van der Waals surface area (Å²) in [5.74, 6) is -1.37. The number of anilines is 2. The number of benzene rings is 3. The molecule has 2 aliphatic heterocycles. The molecule has 0 saturated carbocycles. The van der Waals surface area contributed by atoms with E-state index in [4.69, 9.17) is 16.4 Å². The summed E-state index contributed by atoms with van der Waals surface area (Å²) < 4.78 is 0. The molecule has 150 valence electrons. The van der Waals surface area contributed by atoms with Gasteiger partial charge in [-0.2, -0.15) is 0 Å². The van der Waals surface area contributed by atoms with E-state index in [1.54, 1.807) is 29.3 Å². The van der Waals surface area contributed by atoms with Gasteiger partial charge >= 0.3 is 0 Å². The number of nitrogens with zero attached hydrogens (tertiary/aromatic N) is 2. The van der Waals surface area contributed by atoms with Gasteiger partial charge < -0.3 is 0 Å². The van der Waals surface area contributed by atoms with Crippen molar-refractivity contribution >= 4 is 34.8 Å². The fourth-order valence-electron chi connectivity index (χ4n) is 4.19. The van der Waals surface area contributed by atoms with Crippen LogP contribution in [0.3, 0.4) is 0 Å². The highest BCUT2D eigenvalue weighted by molar-refractivity contribution is 6.36. The van der Waals surface area contributed by atoms with Crippen LogP contribution in [0.2, 0.25) is 5.02 Å². The highest BCUT2D eigenvalue weighted by Crippen LogP contribution is 2.48. The topological polar surface area (TPSA) is 49.9 Å². The monoisotopic (exact) mass is 418 g/mol. The van der Waals surface area contributed by atoms with Crippen LogP contribution in [0.25, 0.3) is 0 Å². The zero-order valence-corrected chi connectivity index (χ0v) is 17.0. The molecule has 0 aromatic heterocycles. The van der Waals surface area contributed by atoms with Gasteiger partial charge in [0.05, 0.1) is 22.4 Å². The molecule has 2 aliphatic rings. The number of imide groups is 1. The van der Waals surface area contributed by atoms with E-state index in [9.17, 15) is 9.59 Å². The molecule has 6 heteroatoms. The minimum absolute atomic E-state index is 0.304. The summed E-state index contributed by atoms with van der Waals surface area (Å²) in [5.41, 5.74) is 3.22. The Morgan fingerprint density at radius 2 is 1.50 bits per heavy atom. The third-order valence-corrected chi connectivity index (χ3v) is 5.96. The SMILES string of the molecule is Cc1ccc([C@@H]2[C@H]3C(=O)N(c4ccccc4Cl)C(=O)[C@@H]3ON2c2ccccc2)cc1. The highest BCUT2D eigenvalue weighted by Gasteiger charge is 2.60. The van der Waals surface area contributed by atoms with Crippen LogP contribution in [0.5, 0.6) is 0 Å². The third kappa shape index (κ3) is 2.90.